The van der Waals surface area contributed by atoms with Crippen LogP contribution in [0.1, 0.15) is 12.5 Å². The van der Waals surface area contributed by atoms with Crippen LogP contribution in [-0.2, 0) is 51.2 Å². The Balaban J connectivity index is 1.22. The van der Waals surface area contributed by atoms with E-state index in [1.807, 2.05) is 0 Å². The van der Waals surface area contributed by atoms with Crippen LogP contribution in [0.3, 0.4) is 0 Å². The van der Waals surface area contributed by atoms with Gasteiger partial charge in [0.05, 0.1) is 31.6 Å². The summed E-state index contributed by atoms with van der Waals surface area (Å²) in [5.74, 6) is 0.103. The molecule has 3 fully saturated rings. The van der Waals surface area contributed by atoms with Gasteiger partial charge in [-0.15, -0.1) is 0 Å². The number of fused-ring (bicyclic) bond motifs is 6. The van der Waals surface area contributed by atoms with Crippen molar-refractivity contribution >= 4 is 70.9 Å². The Kier molecular flexibility index (Phi) is 7.71. The van der Waals surface area contributed by atoms with Crippen molar-refractivity contribution in [3.8, 4) is 0 Å². The summed E-state index contributed by atoms with van der Waals surface area (Å²) < 4.78 is 37.7. The van der Waals surface area contributed by atoms with Gasteiger partial charge in [-0.05, 0) is 29.7 Å². The average molecular weight is 690 g/mol. The van der Waals surface area contributed by atoms with Crippen LogP contribution in [0, 0.1) is 0 Å². The Bertz CT molecular complexity index is 1700. The van der Waals surface area contributed by atoms with Crippen LogP contribution in [-0.4, -0.2) is 104 Å². The second kappa shape index (κ2) is 11.2. The highest BCUT2D eigenvalue weighted by Crippen LogP contribution is 2.54. The molecule has 4 bridgehead atoms. The lowest BCUT2D eigenvalue weighted by molar-refractivity contribution is -0.0615. The van der Waals surface area contributed by atoms with Gasteiger partial charge in [0.2, 0.25) is 0 Å². The first-order chi connectivity index (χ1) is 20.9. The Morgan fingerprint density at radius 1 is 0.773 bits per heavy atom. The first-order valence-corrected chi connectivity index (χ1v) is 18.1. The minimum absolute atomic E-state index is 0.103. The maximum Gasteiger partial charge on any atom is 0.325 e. The Morgan fingerprint density at radius 2 is 1.30 bits per heavy atom. The molecular weight excluding hydrogens is 664 g/mol. The van der Waals surface area contributed by atoms with Crippen molar-refractivity contribution in [2.24, 2.45) is 0 Å². The first kappa shape index (κ1) is 30.3. The summed E-state index contributed by atoms with van der Waals surface area (Å²) >= 11 is 10.5. The number of hydrogen-bond donors (Lipinski definition) is 6. The van der Waals surface area contributed by atoms with Crippen LogP contribution in [0.15, 0.2) is 31.2 Å². The van der Waals surface area contributed by atoms with Gasteiger partial charge in [0, 0.05) is 6.20 Å². The standard InChI is InChI=1S/C21H25N9O10P2S2/c22-8-1-2-24-18-11(8)27-6-29(18)20-15-13(31)9(37-20)3-35-42(34,44)40-16-14(32)10(4-36-41(33,43)39-15)38-21(16)30-7-28-12-17(23)25-5-26-19(12)30/h1-2,5-7,9-10,13-16,20-21,31-32H,3-4H2,(H2,22,24)(H,33,43)(H,34,44)(H2,23,25,26)/t9-,10-,13-,14-,15-,16-,20-,21-,41?,42?/m1/s1. The van der Waals surface area contributed by atoms with Crippen molar-refractivity contribution in [2.45, 2.75) is 49.1 Å². The highest BCUT2D eigenvalue weighted by atomic mass is 32.5. The van der Waals surface area contributed by atoms with Crippen molar-refractivity contribution in [1.29, 1.82) is 0 Å². The van der Waals surface area contributed by atoms with E-state index in [0.717, 1.165) is 0 Å². The van der Waals surface area contributed by atoms with Gasteiger partial charge in [-0.3, -0.25) is 18.2 Å². The van der Waals surface area contributed by atoms with E-state index in [-0.39, 0.29) is 17.0 Å². The molecule has 0 amide bonds. The number of nitrogens with zero attached hydrogens (tertiary/aromatic N) is 7. The average Bonchev–Trinajstić information content (AvgIpc) is 3.73. The zero-order valence-corrected chi connectivity index (χ0v) is 25.6. The van der Waals surface area contributed by atoms with Crippen LogP contribution < -0.4 is 11.5 Å². The maximum absolute atomic E-state index is 11.2. The topological polar surface area (TPSA) is 263 Å². The third kappa shape index (κ3) is 5.31. The fourth-order valence-electron chi connectivity index (χ4n) is 5.29. The number of pyridine rings is 1. The number of aliphatic hydroxyl groups excluding tert-OH is 2. The number of anilines is 2. The lowest BCUT2D eigenvalue weighted by Gasteiger charge is -2.28. The monoisotopic (exact) mass is 689 g/mol. The summed E-state index contributed by atoms with van der Waals surface area (Å²) in [4.78, 5) is 43.0. The van der Waals surface area contributed by atoms with E-state index in [1.54, 1.807) is 6.07 Å². The van der Waals surface area contributed by atoms with E-state index < -0.39 is 75.7 Å². The van der Waals surface area contributed by atoms with Crippen LogP contribution in [0.25, 0.3) is 22.3 Å². The Morgan fingerprint density at radius 3 is 1.86 bits per heavy atom. The highest BCUT2D eigenvalue weighted by Gasteiger charge is 2.52. The molecule has 236 valence electrons. The zero-order valence-electron chi connectivity index (χ0n) is 22.2. The van der Waals surface area contributed by atoms with E-state index in [1.165, 1.54) is 34.3 Å². The minimum Gasteiger partial charge on any atom is -0.397 e. The molecule has 3 saturated heterocycles. The number of nitrogen functional groups attached to an aromatic ring is 2. The number of nitrogens with two attached hydrogens (primary N) is 2. The van der Waals surface area contributed by atoms with Crippen molar-refractivity contribution in [2.75, 3.05) is 24.7 Å². The molecule has 7 heterocycles. The van der Waals surface area contributed by atoms with E-state index in [2.05, 4.69) is 24.9 Å². The third-order valence-electron chi connectivity index (χ3n) is 7.37. The fourth-order valence-corrected chi connectivity index (χ4v) is 8.11. The van der Waals surface area contributed by atoms with Gasteiger partial charge in [0.15, 0.2) is 29.6 Å². The van der Waals surface area contributed by atoms with E-state index in [9.17, 15) is 20.0 Å². The van der Waals surface area contributed by atoms with Crippen LogP contribution in [0.5, 0.6) is 0 Å². The predicted octanol–water partition coefficient (Wildman–Crippen LogP) is -0.797. The molecule has 4 aromatic heterocycles. The molecule has 19 nitrogen and oxygen atoms in total. The molecule has 0 saturated carbocycles. The number of imidazole rings is 2. The summed E-state index contributed by atoms with van der Waals surface area (Å²) in [5.41, 5.74) is 13.5. The molecule has 0 spiro atoms. The van der Waals surface area contributed by atoms with Crippen molar-refractivity contribution in [1.82, 2.24) is 34.1 Å². The molecule has 3 aliphatic rings. The van der Waals surface area contributed by atoms with Crippen LogP contribution >= 0.6 is 13.4 Å². The van der Waals surface area contributed by atoms with Gasteiger partial charge < -0.3 is 50.0 Å². The maximum atomic E-state index is 11.2. The molecule has 23 heteroatoms. The summed E-state index contributed by atoms with van der Waals surface area (Å²) in [6.07, 6.45) is -4.91. The fraction of sp³-hybridized carbons (Fsp3) is 0.476. The second-order valence-electron chi connectivity index (χ2n) is 10.1. The SMILES string of the molecule is Nc1ccnc2c1ncn2[C@@H]1O[C@@H]2COP(O)(=S)O[C@@H]3[C@H](O)[C@@H](COP(O)(=S)O[C@@H]1[C@@H]2O)O[C@H]3n1cnc2c(N)ncnc21. The summed E-state index contributed by atoms with van der Waals surface area (Å²) in [6.45, 7) is -9.27. The van der Waals surface area contributed by atoms with Crippen LogP contribution in [0.2, 0.25) is 0 Å². The van der Waals surface area contributed by atoms with Gasteiger partial charge in [-0.1, -0.05) is 0 Å². The number of aromatic nitrogens is 7. The van der Waals surface area contributed by atoms with Gasteiger partial charge in [-0.25, -0.2) is 24.9 Å². The molecule has 8 N–H and O–H groups in total. The molecule has 0 radical (unpaired) electrons. The lowest BCUT2D eigenvalue weighted by atomic mass is 10.1. The number of hydrogen-bond acceptors (Lipinski definition) is 17. The van der Waals surface area contributed by atoms with Crippen molar-refractivity contribution in [3.63, 3.8) is 0 Å². The van der Waals surface area contributed by atoms with Crippen molar-refractivity contribution < 1.29 is 47.6 Å². The number of ether oxygens (including phenoxy) is 2. The Hall–Kier alpha value is -2.33. The van der Waals surface area contributed by atoms with E-state index in [0.29, 0.717) is 16.9 Å². The molecule has 44 heavy (non-hydrogen) atoms. The van der Waals surface area contributed by atoms with E-state index in [4.69, 9.17) is 62.6 Å². The lowest BCUT2D eigenvalue weighted by Crippen LogP contribution is -2.38. The summed E-state index contributed by atoms with van der Waals surface area (Å²) in [7, 11) is 0. The molecule has 0 aromatic carbocycles. The summed E-state index contributed by atoms with van der Waals surface area (Å²) in [5, 5.41) is 22.4. The normalized spacial score (nSPS) is 38.3. The predicted molar refractivity (Wildman–Crippen MR) is 156 cm³/mol. The number of aliphatic hydroxyl groups is 2. The van der Waals surface area contributed by atoms with Gasteiger partial charge >= 0.3 is 13.4 Å². The quantitative estimate of drug-likeness (QED) is 0.141. The minimum atomic E-state index is -4.15. The molecule has 7 rings (SSSR count). The Labute approximate surface area is 257 Å². The molecule has 0 aliphatic carbocycles. The number of rotatable bonds is 2. The van der Waals surface area contributed by atoms with Gasteiger partial charge in [0.25, 0.3) is 0 Å². The van der Waals surface area contributed by atoms with Crippen molar-refractivity contribution in [3.05, 3.63) is 31.2 Å². The smallest absolute Gasteiger partial charge is 0.325 e. The van der Waals surface area contributed by atoms with Gasteiger partial charge in [0.1, 0.15) is 54.0 Å². The zero-order chi connectivity index (χ0) is 31.0. The first-order valence-electron chi connectivity index (χ1n) is 12.9. The third-order valence-corrected chi connectivity index (χ3v) is 10.5. The van der Waals surface area contributed by atoms with Gasteiger partial charge in [-0.2, -0.15) is 0 Å². The second-order valence-corrected chi connectivity index (χ2v) is 15.7. The highest BCUT2D eigenvalue weighted by molar-refractivity contribution is 8.07. The van der Waals surface area contributed by atoms with E-state index >= 15 is 0 Å². The molecule has 3 aliphatic heterocycles. The largest absolute Gasteiger partial charge is 0.397 e. The van der Waals surface area contributed by atoms with Crippen LogP contribution in [0.4, 0.5) is 11.5 Å². The summed E-state index contributed by atoms with van der Waals surface area (Å²) in [6, 6.07) is 1.57. The molecule has 4 aromatic rings. The molecule has 10 atom stereocenters. The molecular formula is C21H25N9O10P2S2. The molecule has 2 unspecified atom stereocenters.